The van der Waals surface area contributed by atoms with Gasteiger partial charge in [0.15, 0.2) is 5.78 Å². The molecule has 24 heavy (non-hydrogen) atoms. The summed E-state index contributed by atoms with van der Waals surface area (Å²) in [7, 11) is 3.18. The van der Waals surface area contributed by atoms with E-state index in [9.17, 15) is 14.4 Å². The van der Waals surface area contributed by atoms with E-state index in [1.807, 2.05) is 0 Å². The second-order valence-electron chi connectivity index (χ2n) is 5.30. The second-order valence-corrected chi connectivity index (χ2v) is 5.30. The number of benzene rings is 1. The van der Waals surface area contributed by atoms with E-state index in [1.165, 1.54) is 13.1 Å². The molecular weight excluding hydrogens is 310 g/mol. The summed E-state index contributed by atoms with van der Waals surface area (Å²) in [5.74, 6) is -0.619. The van der Waals surface area contributed by atoms with Gasteiger partial charge < -0.3 is 9.88 Å². The van der Waals surface area contributed by atoms with Gasteiger partial charge in [-0.2, -0.15) is 0 Å². The van der Waals surface area contributed by atoms with Crippen molar-refractivity contribution in [3.05, 3.63) is 58.1 Å². The Hall–Kier alpha value is -3.29. The third-order valence-electron chi connectivity index (χ3n) is 3.71. The normalized spacial score (nSPS) is 10.8. The summed E-state index contributed by atoms with van der Waals surface area (Å²) in [6, 6.07) is 8.30. The molecule has 0 saturated heterocycles. The van der Waals surface area contributed by atoms with Gasteiger partial charge in [-0.05, 0) is 18.2 Å². The summed E-state index contributed by atoms with van der Waals surface area (Å²) in [4.78, 5) is 36.5. The van der Waals surface area contributed by atoms with Gasteiger partial charge in [0.05, 0.1) is 5.39 Å². The predicted molar refractivity (Wildman–Crippen MR) is 86.9 cm³/mol. The maximum Gasteiger partial charge on any atom is 0.278 e. The number of nitrogens with one attached hydrogen (secondary N) is 1. The minimum Gasteiger partial charge on any atom is -0.354 e. The molecule has 3 rings (SSSR count). The SMILES string of the molecule is CNC(=O)c1cc(C(=O)Cn2nnc3ccccc3c2=O)cn1C. The third-order valence-corrected chi connectivity index (χ3v) is 3.71. The van der Waals surface area contributed by atoms with Crippen molar-refractivity contribution >= 4 is 22.6 Å². The maximum absolute atomic E-state index is 12.4. The number of hydrogen-bond donors (Lipinski definition) is 1. The quantitative estimate of drug-likeness (QED) is 0.699. The molecule has 0 radical (unpaired) electrons. The highest BCUT2D eigenvalue weighted by molar-refractivity contribution is 6.00. The lowest BCUT2D eigenvalue weighted by molar-refractivity contribution is 0.0953. The third kappa shape index (κ3) is 2.69. The fourth-order valence-corrected chi connectivity index (χ4v) is 2.43. The molecule has 0 aliphatic rings. The predicted octanol–water partition coefficient (Wildman–Crippen LogP) is 0.372. The molecule has 0 atom stereocenters. The number of rotatable bonds is 4. The highest BCUT2D eigenvalue weighted by Crippen LogP contribution is 2.09. The lowest BCUT2D eigenvalue weighted by Crippen LogP contribution is -2.27. The van der Waals surface area contributed by atoms with Gasteiger partial charge in [0.2, 0.25) is 0 Å². The molecule has 2 heterocycles. The fraction of sp³-hybridized carbons (Fsp3) is 0.188. The van der Waals surface area contributed by atoms with Gasteiger partial charge in [-0.25, -0.2) is 4.68 Å². The smallest absolute Gasteiger partial charge is 0.278 e. The Morgan fingerprint density at radius 3 is 2.75 bits per heavy atom. The lowest BCUT2D eigenvalue weighted by atomic mass is 10.2. The van der Waals surface area contributed by atoms with Crippen LogP contribution in [0.4, 0.5) is 0 Å². The van der Waals surface area contributed by atoms with Crippen LogP contribution in [0.3, 0.4) is 0 Å². The minimum absolute atomic E-state index is 0.242. The van der Waals surface area contributed by atoms with Gasteiger partial charge in [-0.15, -0.1) is 5.10 Å². The number of Topliss-reactive ketones (excluding diaryl/α,β-unsaturated/α-hetero) is 1. The molecule has 122 valence electrons. The van der Waals surface area contributed by atoms with Crippen molar-refractivity contribution in [3.8, 4) is 0 Å². The van der Waals surface area contributed by atoms with E-state index >= 15 is 0 Å². The lowest BCUT2D eigenvalue weighted by Gasteiger charge is -2.03. The van der Waals surface area contributed by atoms with Crippen LogP contribution in [0.25, 0.3) is 10.9 Å². The van der Waals surface area contributed by atoms with Crippen molar-refractivity contribution in [3.63, 3.8) is 0 Å². The van der Waals surface area contributed by atoms with Crippen molar-refractivity contribution in [2.45, 2.75) is 6.54 Å². The topological polar surface area (TPSA) is 98.9 Å². The zero-order valence-electron chi connectivity index (χ0n) is 13.2. The van der Waals surface area contributed by atoms with Crippen molar-refractivity contribution in [2.75, 3.05) is 7.05 Å². The van der Waals surface area contributed by atoms with Crippen LogP contribution in [-0.2, 0) is 13.6 Å². The Labute approximate surface area is 136 Å². The van der Waals surface area contributed by atoms with Crippen molar-refractivity contribution in [1.29, 1.82) is 0 Å². The van der Waals surface area contributed by atoms with E-state index in [-0.39, 0.29) is 23.8 Å². The number of carbonyl (C=O) groups is 2. The average molecular weight is 325 g/mol. The molecule has 1 amide bonds. The number of carbonyl (C=O) groups excluding carboxylic acids is 2. The van der Waals surface area contributed by atoms with E-state index in [2.05, 4.69) is 15.6 Å². The molecular formula is C16H15N5O3. The number of fused-ring (bicyclic) bond motifs is 1. The molecule has 3 aromatic rings. The molecule has 0 saturated carbocycles. The Bertz CT molecular complexity index is 1000. The van der Waals surface area contributed by atoms with Gasteiger partial charge in [-0.1, -0.05) is 17.3 Å². The van der Waals surface area contributed by atoms with E-state index in [0.29, 0.717) is 22.2 Å². The Morgan fingerprint density at radius 1 is 1.25 bits per heavy atom. The molecule has 0 aliphatic carbocycles. The molecule has 8 nitrogen and oxygen atoms in total. The summed E-state index contributed by atoms with van der Waals surface area (Å²) in [6.45, 7) is -0.242. The van der Waals surface area contributed by atoms with Crippen molar-refractivity contribution in [2.24, 2.45) is 7.05 Å². The van der Waals surface area contributed by atoms with Gasteiger partial charge in [0.1, 0.15) is 17.8 Å². The summed E-state index contributed by atoms with van der Waals surface area (Å²) in [5, 5.41) is 10.7. The number of aromatic nitrogens is 4. The highest BCUT2D eigenvalue weighted by atomic mass is 16.2. The van der Waals surface area contributed by atoms with E-state index in [4.69, 9.17) is 0 Å². The molecule has 0 fully saturated rings. The van der Waals surface area contributed by atoms with Crippen LogP contribution in [0, 0.1) is 0 Å². The Balaban J connectivity index is 1.92. The molecule has 0 unspecified atom stereocenters. The van der Waals surface area contributed by atoms with Crippen LogP contribution in [0.1, 0.15) is 20.8 Å². The van der Waals surface area contributed by atoms with Crippen molar-refractivity contribution in [1.82, 2.24) is 24.9 Å². The molecule has 0 aliphatic heterocycles. The van der Waals surface area contributed by atoms with Gasteiger partial charge in [-0.3, -0.25) is 14.4 Å². The largest absolute Gasteiger partial charge is 0.354 e. The van der Waals surface area contributed by atoms with E-state index in [1.54, 1.807) is 42.1 Å². The number of nitrogens with zero attached hydrogens (tertiary/aromatic N) is 4. The molecule has 2 aromatic heterocycles. The molecule has 8 heteroatoms. The van der Waals surface area contributed by atoms with Crippen LogP contribution >= 0.6 is 0 Å². The van der Waals surface area contributed by atoms with Crippen LogP contribution in [-0.4, -0.2) is 38.3 Å². The fourth-order valence-electron chi connectivity index (χ4n) is 2.43. The first-order chi connectivity index (χ1) is 11.5. The summed E-state index contributed by atoms with van der Waals surface area (Å²) < 4.78 is 2.58. The van der Waals surface area contributed by atoms with Crippen LogP contribution in [0.2, 0.25) is 0 Å². The first-order valence-corrected chi connectivity index (χ1v) is 7.25. The summed E-state index contributed by atoms with van der Waals surface area (Å²) >= 11 is 0. The van der Waals surface area contributed by atoms with Gasteiger partial charge in [0, 0.05) is 25.9 Å². The maximum atomic E-state index is 12.4. The second kappa shape index (κ2) is 6.07. The van der Waals surface area contributed by atoms with E-state index in [0.717, 1.165) is 4.68 Å². The van der Waals surface area contributed by atoms with Gasteiger partial charge in [0.25, 0.3) is 11.5 Å². The average Bonchev–Trinajstić information content (AvgIpc) is 2.99. The Kier molecular flexibility index (Phi) is 3.95. The summed E-state index contributed by atoms with van der Waals surface area (Å²) in [6.07, 6.45) is 1.55. The molecule has 0 spiro atoms. The Morgan fingerprint density at radius 2 is 2.00 bits per heavy atom. The highest BCUT2D eigenvalue weighted by Gasteiger charge is 2.16. The van der Waals surface area contributed by atoms with Crippen LogP contribution in [0.15, 0.2) is 41.3 Å². The van der Waals surface area contributed by atoms with E-state index < -0.39 is 0 Å². The number of ketones is 1. The monoisotopic (exact) mass is 325 g/mol. The molecule has 1 N–H and O–H groups in total. The summed E-state index contributed by atoms with van der Waals surface area (Å²) in [5.41, 5.74) is 0.792. The van der Waals surface area contributed by atoms with Gasteiger partial charge >= 0.3 is 0 Å². The van der Waals surface area contributed by atoms with Crippen LogP contribution < -0.4 is 10.9 Å². The minimum atomic E-state index is -0.378. The standard InChI is InChI=1S/C16H15N5O3/c1-17-15(23)13-7-10(8-20(13)2)14(22)9-21-16(24)11-5-3-4-6-12(11)18-19-21/h3-8H,9H2,1-2H3,(H,17,23). The number of hydrogen-bond acceptors (Lipinski definition) is 5. The number of amides is 1. The number of aryl methyl sites for hydroxylation is 1. The molecule has 0 bridgehead atoms. The molecule has 1 aromatic carbocycles. The zero-order valence-corrected chi connectivity index (χ0v) is 13.2. The van der Waals surface area contributed by atoms with Crippen LogP contribution in [0.5, 0.6) is 0 Å². The zero-order chi connectivity index (χ0) is 17.3. The first kappa shape index (κ1) is 15.6. The first-order valence-electron chi connectivity index (χ1n) is 7.25. The van der Waals surface area contributed by atoms with Crippen molar-refractivity contribution < 1.29 is 9.59 Å².